The van der Waals surface area contributed by atoms with Crippen molar-refractivity contribution in [3.8, 4) is 0 Å². The minimum absolute atomic E-state index is 0.0701. The molecule has 2 bridgehead atoms. The van der Waals surface area contributed by atoms with Crippen molar-refractivity contribution >= 4 is 51.5 Å². The highest BCUT2D eigenvalue weighted by Gasteiger charge is 2.46. The largest absolute Gasteiger partial charge is 0.469 e. The summed E-state index contributed by atoms with van der Waals surface area (Å²) < 4.78 is 4.98. The number of nitrogens with one attached hydrogen (secondary N) is 2. The summed E-state index contributed by atoms with van der Waals surface area (Å²) in [6, 6.07) is 6.54. The molecule has 0 radical (unpaired) electrons. The molecule has 4 N–H and O–H groups in total. The Bertz CT molecular complexity index is 1100. The van der Waals surface area contributed by atoms with Crippen LogP contribution in [-0.4, -0.2) is 42.5 Å². The van der Waals surface area contributed by atoms with E-state index in [-0.39, 0.29) is 18.1 Å². The van der Waals surface area contributed by atoms with Gasteiger partial charge in [0.2, 0.25) is 0 Å². The van der Waals surface area contributed by atoms with Gasteiger partial charge in [-0.2, -0.15) is 0 Å². The number of anilines is 2. The molecule has 1 fully saturated rings. The molecule has 2 atom stereocenters. The molecule has 176 valence electrons. The van der Waals surface area contributed by atoms with Crippen molar-refractivity contribution in [3.05, 3.63) is 45.3 Å². The summed E-state index contributed by atoms with van der Waals surface area (Å²) in [5.74, 6) is -0.810. The molecule has 8 nitrogen and oxygen atoms in total. The smallest absolute Gasteiger partial charge is 0.324 e. The number of urea groups is 1. The van der Waals surface area contributed by atoms with E-state index in [0.29, 0.717) is 34.2 Å². The second kappa shape index (κ2) is 8.96. The second-order valence-electron chi connectivity index (χ2n) is 9.10. The number of amides is 3. The summed E-state index contributed by atoms with van der Waals surface area (Å²) in [7, 11) is 1.40. The minimum atomic E-state index is -0.656. The predicted octanol–water partition coefficient (Wildman–Crippen LogP) is 4.41. The lowest BCUT2D eigenvalue weighted by atomic mass is 9.89. The van der Waals surface area contributed by atoms with Crippen LogP contribution in [0.15, 0.2) is 24.3 Å². The molecule has 1 aromatic carbocycles. The molecule has 1 saturated heterocycles. The maximum atomic E-state index is 12.6. The highest BCUT2D eigenvalue weighted by Crippen LogP contribution is 2.51. The Morgan fingerprint density at radius 3 is 2.55 bits per heavy atom. The summed E-state index contributed by atoms with van der Waals surface area (Å²) in [5, 5.41) is 6.56. The molecule has 2 aromatic rings. The Hall–Kier alpha value is -2.62. The van der Waals surface area contributed by atoms with Gasteiger partial charge in [0.25, 0.3) is 5.91 Å². The lowest BCUT2D eigenvalue weighted by Gasteiger charge is -2.39. The topological polar surface area (TPSA) is 114 Å². The van der Waals surface area contributed by atoms with Crippen molar-refractivity contribution in [2.45, 2.75) is 45.2 Å². The van der Waals surface area contributed by atoms with Gasteiger partial charge in [0.15, 0.2) is 0 Å². The van der Waals surface area contributed by atoms with Gasteiger partial charge in [-0.3, -0.25) is 19.8 Å². The van der Waals surface area contributed by atoms with Gasteiger partial charge in [-0.1, -0.05) is 11.6 Å². The lowest BCUT2D eigenvalue weighted by Crippen LogP contribution is -2.45. The number of benzene rings is 1. The van der Waals surface area contributed by atoms with Crippen LogP contribution < -0.4 is 16.4 Å². The van der Waals surface area contributed by atoms with Crippen LogP contribution in [0.25, 0.3) is 0 Å². The highest BCUT2D eigenvalue weighted by molar-refractivity contribution is 7.17. The first-order valence-corrected chi connectivity index (χ1v) is 11.9. The summed E-state index contributed by atoms with van der Waals surface area (Å²) in [5.41, 5.74) is 6.95. The Morgan fingerprint density at radius 2 is 1.91 bits per heavy atom. The minimum Gasteiger partial charge on any atom is -0.469 e. The number of nitrogens with zero attached hydrogens (tertiary/aromatic N) is 1. The molecule has 33 heavy (non-hydrogen) atoms. The van der Waals surface area contributed by atoms with Crippen molar-refractivity contribution in [3.63, 3.8) is 0 Å². The van der Waals surface area contributed by atoms with Crippen molar-refractivity contribution in [2.75, 3.05) is 24.3 Å². The second-order valence-corrected chi connectivity index (χ2v) is 10.6. The third kappa shape index (κ3) is 4.58. The Kier molecular flexibility index (Phi) is 6.39. The number of rotatable bonds is 6. The number of methoxy groups -OCH3 is 1. The number of fused-ring (bicyclic) bond motifs is 4. The fraction of sp³-hybridized carbons (Fsp3) is 0.435. The van der Waals surface area contributed by atoms with Gasteiger partial charge in [-0.25, -0.2) is 4.79 Å². The number of ether oxygens (including phenoxy) is 1. The zero-order valence-corrected chi connectivity index (χ0v) is 20.3. The van der Waals surface area contributed by atoms with Gasteiger partial charge in [-0.15, -0.1) is 11.3 Å². The lowest BCUT2D eigenvalue weighted by molar-refractivity contribution is -0.152. The van der Waals surface area contributed by atoms with Crippen LogP contribution in [0.1, 0.15) is 53.5 Å². The Morgan fingerprint density at radius 1 is 1.21 bits per heavy atom. The zero-order chi connectivity index (χ0) is 23.9. The van der Waals surface area contributed by atoms with Crippen LogP contribution in [0.2, 0.25) is 5.02 Å². The van der Waals surface area contributed by atoms with Crippen LogP contribution in [0.3, 0.4) is 0 Å². The third-order valence-corrected chi connectivity index (χ3v) is 7.82. The Balaban J connectivity index is 1.59. The number of hydrogen-bond acceptors (Lipinski definition) is 6. The van der Waals surface area contributed by atoms with E-state index < -0.39 is 17.4 Å². The number of primary amides is 1. The molecule has 0 spiro atoms. The number of hydrogen-bond donors (Lipinski definition) is 3. The maximum absolute atomic E-state index is 12.6. The SMILES string of the molecule is COC(=O)C(C)(C)CN1C2CCC1c1sc(NC(=O)Nc3ccc(Cl)cc3)c(C(N)=O)c1C2. The predicted molar refractivity (Wildman–Crippen MR) is 129 cm³/mol. The molecule has 0 aliphatic carbocycles. The molecular weight excluding hydrogens is 464 g/mol. The van der Waals surface area contributed by atoms with E-state index in [1.54, 1.807) is 24.3 Å². The average Bonchev–Trinajstić information content (AvgIpc) is 3.24. The van der Waals surface area contributed by atoms with E-state index in [0.717, 1.165) is 23.3 Å². The van der Waals surface area contributed by atoms with E-state index >= 15 is 0 Å². The standard InChI is InChI=1S/C23H27ClN4O4S/c1-23(2,21(30)32-3)11-28-14-8-9-16(28)18-15(10-14)17(19(25)29)20(33-18)27-22(31)26-13-6-4-12(24)5-7-13/h4-7,14,16H,8-11H2,1-3H3,(H2,25,29)(H2,26,27,31). The first-order chi connectivity index (χ1) is 15.6. The van der Waals surface area contributed by atoms with Gasteiger partial charge in [-0.05, 0) is 62.9 Å². The molecule has 1 aromatic heterocycles. The fourth-order valence-corrected chi connectivity index (χ4v) is 6.32. The molecule has 10 heteroatoms. The summed E-state index contributed by atoms with van der Waals surface area (Å²) in [6.07, 6.45) is 2.55. The van der Waals surface area contributed by atoms with Crippen LogP contribution in [0.5, 0.6) is 0 Å². The quantitative estimate of drug-likeness (QED) is 0.519. The fourth-order valence-electron chi connectivity index (χ4n) is 4.81. The van der Waals surface area contributed by atoms with Gasteiger partial charge in [0.05, 0.1) is 18.1 Å². The van der Waals surface area contributed by atoms with Gasteiger partial charge in [0.1, 0.15) is 5.00 Å². The van der Waals surface area contributed by atoms with E-state index in [1.807, 2.05) is 13.8 Å². The van der Waals surface area contributed by atoms with Gasteiger partial charge >= 0.3 is 12.0 Å². The Labute approximate surface area is 201 Å². The number of carbonyl (C=O) groups is 3. The average molecular weight is 491 g/mol. The van der Waals surface area contributed by atoms with E-state index in [1.165, 1.54) is 18.4 Å². The van der Waals surface area contributed by atoms with Gasteiger partial charge in [0, 0.05) is 34.2 Å². The van der Waals surface area contributed by atoms with E-state index in [4.69, 9.17) is 22.1 Å². The molecule has 4 rings (SSSR count). The first-order valence-electron chi connectivity index (χ1n) is 10.7. The normalized spacial score (nSPS) is 19.6. The van der Waals surface area contributed by atoms with Crippen LogP contribution in [0, 0.1) is 5.41 Å². The third-order valence-electron chi connectivity index (χ3n) is 6.31. The molecular formula is C23H27ClN4O4S. The highest BCUT2D eigenvalue weighted by atomic mass is 35.5. The first kappa shape index (κ1) is 23.5. The molecule has 3 heterocycles. The van der Waals surface area contributed by atoms with Crippen LogP contribution >= 0.6 is 22.9 Å². The number of nitrogens with two attached hydrogens (primary N) is 1. The number of thiophene rings is 1. The van der Waals surface area contributed by atoms with E-state index in [2.05, 4.69) is 15.5 Å². The number of carbonyl (C=O) groups excluding carboxylic acids is 3. The van der Waals surface area contributed by atoms with Crippen molar-refractivity contribution in [1.29, 1.82) is 0 Å². The van der Waals surface area contributed by atoms with Crippen molar-refractivity contribution in [2.24, 2.45) is 11.1 Å². The molecule has 2 aliphatic rings. The monoisotopic (exact) mass is 490 g/mol. The maximum Gasteiger partial charge on any atom is 0.324 e. The van der Waals surface area contributed by atoms with E-state index in [9.17, 15) is 14.4 Å². The van der Waals surface area contributed by atoms with Crippen LogP contribution in [0.4, 0.5) is 15.5 Å². The molecule has 2 aliphatic heterocycles. The molecule has 0 saturated carbocycles. The summed E-state index contributed by atoms with van der Waals surface area (Å²) in [4.78, 5) is 40.6. The number of halogens is 1. The zero-order valence-electron chi connectivity index (χ0n) is 18.7. The van der Waals surface area contributed by atoms with Gasteiger partial charge < -0.3 is 15.8 Å². The van der Waals surface area contributed by atoms with Crippen molar-refractivity contribution < 1.29 is 19.1 Å². The van der Waals surface area contributed by atoms with Crippen molar-refractivity contribution in [1.82, 2.24) is 4.90 Å². The summed E-state index contributed by atoms with van der Waals surface area (Å²) >= 11 is 7.28. The number of esters is 1. The van der Waals surface area contributed by atoms with Crippen LogP contribution in [-0.2, 0) is 16.0 Å². The molecule has 3 amide bonds. The molecule has 2 unspecified atom stereocenters. The summed E-state index contributed by atoms with van der Waals surface area (Å²) in [6.45, 7) is 4.31.